The van der Waals surface area contributed by atoms with Crippen LogP contribution in [0.2, 0.25) is 0 Å². The molecule has 0 aliphatic carbocycles. The number of hydrogen-bond donors (Lipinski definition) is 0. The first kappa shape index (κ1) is 13.2. The molecule has 0 unspecified atom stereocenters. The van der Waals surface area contributed by atoms with E-state index in [0.717, 1.165) is 21.9 Å². The summed E-state index contributed by atoms with van der Waals surface area (Å²) in [6.07, 6.45) is 1.83. The van der Waals surface area contributed by atoms with Crippen molar-refractivity contribution in [2.75, 3.05) is 0 Å². The number of para-hydroxylation sites is 2. The fourth-order valence-corrected chi connectivity index (χ4v) is 3.38. The topological polar surface area (TPSA) is 25.8 Å². The minimum absolute atomic E-state index is 1.02. The second kappa shape index (κ2) is 5.14. The van der Waals surface area contributed by atoms with Crippen molar-refractivity contribution in [1.82, 2.24) is 9.97 Å². The number of nitrogens with zero attached hydrogens (tertiary/aromatic N) is 2. The Kier molecular flexibility index (Phi) is 2.83. The minimum atomic E-state index is 1.02. The molecular weight excluding hydrogens is 292 g/mol. The smallest absolute Gasteiger partial charge is 0.0715 e. The van der Waals surface area contributed by atoms with Crippen molar-refractivity contribution in [3.63, 3.8) is 0 Å². The molecule has 0 fully saturated rings. The molecule has 2 aromatic heterocycles. The van der Waals surface area contributed by atoms with Gasteiger partial charge in [0, 0.05) is 27.9 Å². The Hall–Kier alpha value is -3.26. The quantitative estimate of drug-likeness (QED) is 0.376. The van der Waals surface area contributed by atoms with Crippen LogP contribution in [0.25, 0.3) is 43.8 Å². The van der Waals surface area contributed by atoms with Gasteiger partial charge in [0.2, 0.25) is 0 Å². The predicted molar refractivity (Wildman–Crippen MR) is 100.0 cm³/mol. The molecule has 3 aromatic carbocycles. The Bertz CT molecular complexity index is 1150. The fraction of sp³-hybridized carbons (Fsp3) is 0. The van der Waals surface area contributed by atoms with Gasteiger partial charge < -0.3 is 0 Å². The molecule has 0 saturated carbocycles. The largest absolute Gasteiger partial charge is 0.256 e. The number of fused-ring (bicyclic) bond motifs is 3. The molecule has 2 heterocycles. The third-order valence-electron chi connectivity index (χ3n) is 4.48. The second-order valence-corrected chi connectivity index (χ2v) is 5.93. The van der Waals surface area contributed by atoms with Gasteiger partial charge in [0.15, 0.2) is 0 Å². The molecule has 0 spiro atoms. The summed E-state index contributed by atoms with van der Waals surface area (Å²) in [6.45, 7) is 0. The van der Waals surface area contributed by atoms with Gasteiger partial charge in [-0.3, -0.25) is 4.98 Å². The van der Waals surface area contributed by atoms with Gasteiger partial charge in [-0.25, -0.2) is 4.98 Å². The van der Waals surface area contributed by atoms with Crippen LogP contribution in [0.4, 0.5) is 0 Å². The standard InChI is InChI=1S/C22H14N2/c1-3-9-20-17(7-1)22(18-8-2-4-10-21(18)24-20)16-11-12-19-15(14-16)6-5-13-23-19/h1-14H. The molecule has 112 valence electrons. The second-order valence-electron chi connectivity index (χ2n) is 5.93. The Morgan fingerprint density at radius 1 is 0.583 bits per heavy atom. The van der Waals surface area contributed by atoms with Crippen LogP contribution < -0.4 is 0 Å². The van der Waals surface area contributed by atoms with E-state index in [1.165, 1.54) is 21.9 Å². The van der Waals surface area contributed by atoms with E-state index < -0.39 is 0 Å². The molecular formula is C22H14N2. The van der Waals surface area contributed by atoms with E-state index in [1.807, 2.05) is 24.4 Å². The van der Waals surface area contributed by atoms with Gasteiger partial charge in [-0.2, -0.15) is 0 Å². The lowest BCUT2D eigenvalue weighted by Crippen LogP contribution is -1.89. The number of pyridine rings is 2. The lowest BCUT2D eigenvalue weighted by molar-refractivity contribution is 1.41. The van der Waals surface area contributed by atoms with E-state index >= 15 is 0 Å². The first-order valence-electron chi connectivity index (χ1n) is 8.03. The van der Waals surface area contributed by atoms with Crippen molar-refractivity contribution >= 4 is 32.7 Å². The van der Waals surface area contributed by atoms with Crippen molar-refractivity contribution < 1.29 is 0 Å². The molecule has 2 nitrogen and oxygen atoms in total. The zero-order chi connectivity index (χ0) is 15.9. The van der Waals surface area contributed by atoms with E-state index in [9.17, 15) is 0 Å². The lowest BCUT2D eigenvalue weighted by atomic mass is 9.95. The SMILES string of the molecule is c1cnc2ccc(-c3c4ccccc4nc4ccccc34)cc2c1. The lowest BCUT2D eigenvalue weighted by Gasteiger charge is -2.12. The molecule has 0 aliphatic heterocycles. The van der Waals surface area contributed by atoms with Gasteiger partial charge in [0.05, 0.1) is 16.6 Å². The third-order valence-corrected chi connectivity index (χ3v) is 4.48. The summed E-state index contributed by atoms with van der Waals surface area (Å²) >= 11 is 0. The molecule has 0 aliphatic rings. The van der Waals surface area contributed by atoms with Gasteiger partial charge in [-0.1, -0.05) is 48.5 Å². The highest BCUT2D eigenvalue weighted by molar-refractivity contribution is 6.10. The van der Waals surface area contributed by atoms with Crippen molar-refractivity contribution in [2.45, 2.75) is 0 Å². The van der Waals surface area contributed by atoms with Crippen molar-refractivity contribution in [2.24, 2.45) is 0 Å². The van der Waals surface area contributed by atoms with Crippen LogP contribution in [0.3, 0.4) is 0 Å². The highest BCUT2D eigenvalue weighted by atomic mass is 14.7. The number of benzene rings is 3. The van der Waals surface area contributed by atoms with Crippen LogP contribution in [-0.2, 0) is 0 Å². The van der Waals surface area contributed by atoms with Crippen LogP contribution in [0, 0.1) is 0 Å². The van der Waals surface area contributed by atoms with Gasteiger partial charge >= 0.3 is 0 Å². The maximum absolute atomic E-state index is 4.81. The molecule has 0 radical (unpaired) electrons. The Morgan fingerprint density at radius 3 is 2.04 bits per heavy atom. The Labute approximate surface area is 139 Å². The first-order chi connectivity index (χ1) is 11.9. The summed E-state index contributed by atoms with van der Waals surface area (Å²) in [4.78, 5) is 9.24. The molecule has 0 amide bonds. The van der Waals surface area contributed by atoms with Crippen LogP contribution >= 0.6 is 0 Å². The van der Waals surface area contributed by atoms with Crippen LogP contribution in [0.1, 0.15) is 0 Å². The number of aromatic nitrogens is 2. The Morgan fingerprint density at radius 2 is 1.29 bits per heavy atom. The maximum Gasteiger partial charge on any atom is 0.0715 e. The first-order valence-corrected chi connectivity index (χ1v) is 8.03. The summed E-state index contributed by atoms with van der Waals surface area (Å²) in [6, 6.07) is 27.2. The van der Waals surface area contributed by atoms with Gasteiger partial charge in [-0.15, -0.1) is 0 Å². The summed E-state index contributed by atoms with van der Waals surface area (Å²) in [7, 11) is 0. The monoisotopic (exact) mass is 306 g/mol. The third kappa shape index (κ3) is 1.97. The number of rotatable bonds is 1. The van der Waals surface area contributed by atoms with E-state index in [-0.39, 0.29) is 0 Å². The Balaban J connectivity index is 1.94. The molecule has 5 aromatic rings. The van der Waals surface area contributed by atoms with E-state index in [1.54, 1.807) is 0 Å². The summed E-state index contributed by atoms with van der Waals surface area (Å²) < 4.78 is 0. The van der Waals surface area contributed by atoms with Gasteiger partial charge in [0.25, 0.3) is 0 Å². The normalized spacial score (nSPS) is 11.3. The molecule has 0 saturated heterocycles. The number of hydrogen-bond acceptors (Lipinski definition) is 2. The van der Waals surface area contributed by atoms with E-state index in [2.05, 4.69) is 65.6 Å². The summed E-state index contributed by atoms with van der Waals surface area (Å²) in [5.41, 5.74) is 5.51. The molecule has 0 N–H and O–H groups in total. The van der Waals surface area contributed by atoms with E-state index in [4.69, 9.17) is 4.98 Å². The maximum atomic E-state index is 4.81. The molecule has 5 rings (SSSR count). The van der Waals surface area contributed by atoms with Crippen molar-refractivity contribution in [3.05, 3.63) is 85.1 Å². The summed E-state index contributed by atoms with van der Waals surface area (Å²) in [5.74, 6) is 0. The van der Waals surface area contributed by atoms with Gasteiger partial charge in [0.1, 0.15) is 0 Å². The molecule has 24 heavy (non-hydrogen) atoms. The molecule has 0 atom stereocenters. The molecule has 0 bridgehead atoms. The van der Waals surface area contributed by atoms with Crippen molar-refractivity contribution in [1.29, 1.82) is 0 Å². The minimum Gasteiger partial charge on any atom is -0.256 e. The van der Waals surface area contributed by atoms with Crippen LogP contribution in [0.5, 0.6) is 0 Å². The predicted octanol–water partition coefficient (Wildman–Crippen LogP) is 5.60. The highest BCUT2D eigenvalue weighted by Gasteiger charge is 2.11. The van der Waals surface area contributed by atoms with E-state index in [0.29, 0.717) is 0 Å². The van der Waals surface area contributed by atoms with Gasteiger partial charge in [-0.05, 0) is 35.9 Å². The highest BCUT2D eigenvalue weighted by Crippen LogP contribution is 2.35. The summed E-state index contributed by atoms with van der Waals surface area (Å²) in [5, 5.41) is 3.51. The zero-order valence-corrected chi connectivity index (χ0v) is 13.0. The zero-order valence-electron chi connectivity index (χ0n) is 13.0. The molecule has 2 heteroatoms. The average molecular weight is 306 g/mol. The van der Waals surface area contributed by atoms with Crippen LogP contribution in [0.15, 0.2) is 85.1 Å². The van der Waals surface area contributed by atoms with Crippen molar-refractivity contribution in [3.8, 4) is 11.1 Å². The average Bonchev–Trinajstić information content (AvgIpc) is 2.65. The van der Waals surface area contributed by atoms with Crippen LogP contribution in [-0.4, -0.2) is 9.97 Å². The fourth-order valence-electron chi connectivity index (χ4n) is 3.38.